The average molecular weight is 234 g/mol. The Bertz CT molecular complexity index is 414. The van der Waals surface area contributed by atoms with Crippen LogP contribution in [0.3, 0.4) is 0 Å². The van der Waals surface area contributed by atoms with E-state index in [0.717, 1.165) is 24.5 Å². The Balaban J connectivity index is 1.84. The van der Waals surface area contributed by atoms with Gasteiger partial charge in [0.15, 0.2) is 0 Å². The monoisotopic (exact) mass is 234 g/mol. The highest BCUT2D eigenvalue weighted by atomic mass is 16.5. The van der Waals surface area contributed by atoms with E-state index in [1.807, 2.05) is 0 Å². The standard InChI is InChI=1S/C13H18N2O2/c14-12-7-10(13(15)16)3-4-11(12)8-17-6-5-9-1-2-9/h3-4,7,9H,1-2,5-6,8,14H2,(H2,15,16). The van der Waals surface area contributed by atoms with Crippen LogP contribution in [0.25, 0.3) is 0 Å². The predicted octanol–water partition coefficient (Wildman–Crippen LogP) is 1.68. The van der Waals surface area contributed by atoms with Gasteiger partial charge in [-0.3, -0.25) is 4.79 Å². The molecule has 0 radical (unpaired) electrons. The molecule has 4 heteroatoms. The van der Waals surface area contributed by atoms with Crippen LogP contribution in [0.1, 0.15) is 35.2 Å². The van der Waals surface area contributed by atoms with Gasteiger partial charge in [0.1, 0.15) is 0 Å². The van der Waals surface area contributed by atoms with Crippen LogP contribution in [0.5, 0.6) is 0 Å². The van der Waals surface area contributed by atoms with Gasteiger partial charge in [0, 0.05) is 23.4 Å². The Morgan fingerprint density at radius 1 is 1.41 bits per heavy atom. The number of benzene rings is 1. The molecule has 4 N–H and O–H groups in total. The third-order valence-electron chi connectivity index (χ3n) is 3.06. The molecule has 0 bridgehead atoms. The minimum atomic E-state index is -0.460. The fourth-order valence-corrected chi connectivity index (χ4v) is 1.72. The number of nitrogens with two attached hydrogens (primary N) is 2. The van der Waals surface area contributed by atoms with Crippen molar-refractivity contribution in [3.63, 3.8) is 0 Å². The van der Waals surface area contributed by atoms with Gasteiger partial charge in [-0.2, -0.15) is 0 Å². The molecule has 4 nitrogen and oxygen atoms in total. The third-order valence-corrected chi connectivity index (χ3v) is 3.06. The van der Waals surface area contributed by atoms with Gasteiger partial charge >= 0.3 is 0 Å². The van der Waals surface area contributed by atoms with Crippen molar-refractivity contribution < 1.29 is 9.53 Å². The summed E-state index contributed by atoms with van der Waals surface area (Å²) in [5.41, 5.74) is 12.9. The number of ether oxygens (including phenoxy) is 1. The Hall–Kier alpha value is -1.55. The highest BCUT2D eigenvalue weighted by Gasteiger charge is 2.20. The normalized spacial score (nSPS) is 14.8. The average Bonchev–Trinajstić information content (AvgIpc) is 3.09. The van der Waals surface area contributed by atoms with Crippen LogP contribution in [0.4, 0.5) is 5.69 Å². The molecule has 1 saturated carbocycles. The summed E-state index contributed by atoms with van der Waals surface area (Å²) in [6.07, 6.45) is 3.83. The van der Waals surface area contributed by atoms with Crippen molar-refractivity contribution >= 4 is 11.6 Å². The quantitative estimate of drug-likeness (QED) is 0.580. The lowest BCUT2D eigenvalue weighted by Crippen LogP contribution is -2.12. The first kappa shape index (κ1) is 11.9. The SMILES string of the molecule is NC(=O)c1ccc(COCCC2CC2)c(N)c1. The van der Waals surface area contributed by atoms with Crippen LogP contribution in [0.2, 0.25) is 0 Å². The van der Waals surface area contributed by atoms with Crippen LogP contribution in [0.15, 0.2) is 18.2 Å². The third kappa shape index (κ3) is 3.46. The molecule has 2 rings (SSSR count). The molecule has 1 aliphatic carbocycles. The molecule has 0 spiro atoms. The van der Waals surface area contributed by atoms with Crippen molar-refractivity contribution in [2.24, 2.45) is 11.7 Å². The molecule has 0 aliphatic heterocycles. The lowest BCUT2D eigenvalue weighted by Gasteiger charge is -2.08. The van der Waals surface area contributed by atoms with Gasteiger partial charge in [0.25, 0.3) is 0 Å². The van der Waals surface area contributed by atoms with Gasteiger partial charge in [-0.25, -0.2) is 0 Å². The van der Waals surface area contributed by atoms with Gasteiger partial charge in [0.2, 0.25) is 5.91 Å². The molecular formula is C13H18N2O2. The number of nitrogen functional groups attached to an aromatic ring is 1. The maximum Gasteiger partial charge on any atom is 0.248 e. The van der Waals surface area contributed by atoms with Gasteiger partial charge in [-0.1, -0.05) is 18.9 Å². The summed E-state index contributed by atoms with van der Waals surface area (Å²) in [7, 11) is 0. The molecule has 0 heterocycles. The highest BCUT2D eigenvalue weighted by molar-refractivity contribution is 5.93. The second-order valence-electron chi connectivity index (χ2n) is 4.56. The molecule has 1 aliphatic rings. The lowest BCUT2D eigenvalue weighted by atomic mass is 10.1. The number of hydrogen-bond acceptors (Lipinski definition) is 3. The van der Waals surface area contributed by atoms with Crippen LogP contribution >= 0.6 is 0 Å². The van der Waals surface area contributed by atoms with E-state index in [2.05, 4.69) is 0 Å². The Morgan fingerprint density at radius 2 is 2.18 bits per heavy atom. The zero-order chi connectivity index (χ0) is 12.3. The van der Waals surface area contributed by atoms with Gasteiger partial charge in [-0.15, -0.1) is 0 Å². The topological polar surface area (TPSA) is 78.3 Å². The zero-order valence-electron chi connectivity index (χ0n) is 9.82. The molecule has 1 fully saturated rings. The van der Waals surface area contributed by atoms with E-state index in [0.29, 0.717) is 17.9 Å². The molecular weight excluding hydrogens is 216 g/mol. The van der Waals surface area contributed by atoms with E-state index >= 15 is 0 Å². The number of carbonyl (C=O) groups is 1. The number of rotatable bonds is 6. The van der Waals surface area contributed by atoms with E-state index < -0.39 is 5.91 Å². The molecule has 17 heavy (non-hydrogen) atoms. The van der Waals surface area contributed by atoms with Crippen LogP contribution in [0, 0.1) is 5.92 Å². The van der Waals surface area contributed by atoms with E-state index in [1.54, 1.807) is 18.2 Å². The molecule has 1 aromatic rings. The van der Waals surface area contributed by atoms with E-state index in [1.165, 1.54) is 12.8 Å². The Labute approximate surface area is 101 Å². The maximum absolute atomic E-state index is 10.9. The molecule has 1 amide bonds. The largest absolute Gasteiger partial charge is 0.398 e. The highest BCUT2D eigenvalue weighted by Crippen LogP contribution is 2.32. The van der Waals surface area contributed by atoms with Gasteiger partial charge in [-0.05, 0) is 24.5 Å². The zero-order valence-corrected chi connectivity index (χ0v) is 9.82. The summed E-state index contributed by atoms with van der Waals surface area (Å²) in [6, 6.07) is 5.08. The summed E-state index contributed by atoms with van der Waals surface area (Å²) >= 11 is 0. The summed E-state index contributed by atoms with van der Waals surface area (Å²) < 4.78 is 5.56. The number of amides is 1. The van der Waals surface area contributed by atoms with Crippen molar-refractivity contribution in [2.45, 2.75) is 25.9 Å². The molecule has 1 aromatic carbocycles. The lowest BCUT2D eigenvalue weighted by molar-refractivity contribution is 0.0999. The summed E-state index contributed by atoms with van der Waals surface area (Å²) in [5, 5.41) is 0. The Kier molecular flexibility index (Phi) is 3.64. The second kappa shape index (κ2) is 5.19. The van der Waals surface area contributed by atoms with Gasteiger partial charge < -0.3 is 16.2 Å². The first-order chi connectivity index (χ1) is 8.16. The maximum atomic E-state index is 10.9. The fraction of sp³-hybridized carbons (Fsp3) is 0.462. The summed E-state index contributed by atoms with van der Waals surface area (Å²) in [5.74, 6) is 0.419. The van der Waals surface area contributed by atoms with Crippen molar-refractivity contribution in [2.75, 3.05) is 12.3 Å². The summed E-state index contributed by atoms with van der Waals surface area (Å²) in [4.78, 5) is 10.9. The molecule has 0 atom stereocenters. The minimum Gasteiger partial charge on any atom is -0.398 e. The van der Waals surface area contributed by atoms with Crippen molar-refractivity contribution in [3.8, 4) is 0 Å². The first-order valence-electron chi connectivity index (χ1n) is 5.93. The summed E-state index contributed by atoms with van der Waals surface area (Å²) in [6.45, 7) is 1.28. The van der Waals surface area contributed by atoms with Crippen molar-refractivity contribution in [3.05, 3.63) is 29.3 Å². The minimum absolute atomic E-state index is 0.434. The Morgan fingerprint density at radius 3 is 2.76 bits per heavy atom. The van der Waals surface area contributed by atoms with Crippen molar-refractivity contribution in [1.29, 1.82) is 0 Å². The molecule has 0 saturated heterocycles. The number of carbonyl (C=O) groups excluding carboxylic acids is 1. The second-order valence-corrected chi connectivity index (χ2v) is 4.56. The first-order valence-corrected chi connectivity index (χ1v) is 5.93. The van der Waals surface area contributed by atoms with Crippen LogP contribution < -0.4 is 11.5 Å². The van der Waals surface area contributed by atoms with E-state index in [4.69, 9.17) is 16.2 Å². The fourth-order valence-electron chi connectivity index (χ4n) is 1.72. The van der Waals surface area contributed by atoms with Crippen LogP contribution in [-0.2, 0) is 11.3 Å². The van der Waals surface area contributed by atoms with E-state index in [-0.39, 0.29) is 0 Å². The number of anilines is 1. The van der Waals surface area contributed by atoms with E-state index in [9.17, 15) is 4.79 Å². The predicted molar refractivity (Wildman–Crippen MR) is 66.4 cm³/mol. The van der Waals surface area contributed by atoms with Crippen molar-refractivity contribution in [1.82, 2.24) is 0 Å². The number of hydrogen-bond donors (Lipinski definition) is 2. The molecule has 92 valence electrons. The van der Waals surface area contributed by atoms with Crippen LogP contribution in [-0.4, -0.2) is 12.5 Å². The smallest absolute Gasteiger partial charge is 0.248 e. The number of primary amides is 1. The molecule has 0 aromatic heterocycles. The van der Waals surface area contributed by atoms with Gasteiger partial charge in [0.05, 0.1) is 6.61 Å². The molecule has 0 unspecified atom stereocenters.